The molecule has 0 aliphatic heterocycles. The monoisotopic (exact) mass is 395 g/mol. The molecular formula is C23H45N3O2. The van der Waals surface area contributed by atoms with Gasteiger partial charge in [0, 0.05) is 6.61 Å². The Labute approximate surface area is 173 Å². The van der Waals surface area contributed by atoms with Gasteiger partial charge in [0.25, 0.3) is 0 Å². The third kappa shape index (κ3) is 14.1. The Morgan fingerprint density at radius 2 is 1.29 bits per heavy atom. The molecule has 1 atom stereocenters. The molecule has 0 radical (unpaired) electrons. The van der Waals surface area contributed by atoms with Gasteiger partial charge in [-0.2, -0.15) is 5.10 Å². The third-order valence-corrected chi connectivity index (χ3v) is 5.47. The van der Waals surface area contributed by atoms with E-state index in [0.29, 0.717) is 6.61 Å². The van der Waals surface area contributed by atoms with E-state index in [1.54, 1.807) is 11.0 Å². The van der Waals surface area contributed by atoms with Crippen molar-refractivity contribution in [1.29, 1.82) is 0 Å². The van der Waals surface area contributed by atoms with E-state index < -0.39 is 0 Å². The van der Waals surface area contributed by atoms with Gasteiger partial charge in [0.2, 0.25) is 0 Å². The standard InChI is InChI=1S/C23H45N3O2/c1-2-3-4-5-6-7-8-9-10-11-12-13-14-15-16-17-18-28-20-23(19-27)26-22-24-21-25-26/h21-23,27H,2-20H2,1H3. The largest absolute Gasteiger partial charge is 0.394 e. The molecule has 28 heavy (non-hydrogen) atoms. The Hall–Kier alpha value is -0.940. The zero-order chi connectivity index (χ0) is 20.1. The fourth-order valence-corrected chi connectivity index (χ4v) is 3.59. The second kappa shape index (κ2) is 19.4. The van der Waals surface area contributed by atoms with Gasteiger partial charge in [0.1, 0.15) is 18.7 Å². The van der Waals surface area contributed by atoms with Crippen molar-refractivity contribution in [3.05, 3.63) is 12.7 Å². The van der Waals surface area contributed by atoms with Gasteiger partial charge in [0.15, 0.2) is 0 Å². The molecule has 0 saturated heterocycles. The molecule has 1 aromatic heterocycles. The van der Waals surface area contributed by atoms with Gasteiger partial charge >= 0.3 is 0 Å². The van der Waals surface area contributed by atoms with E-state index >= 15 is 0 Å². The molecule has 0 bridgehead atoms. The zero-order valence-electron chi connectivity index (χ0n) is 18.4. The van der Waals surface area contributed by atoms with Crippen molar-refractivity contribution in [2.45, 2.75) is 116 Å². The number of hydrogen-bond donors (Lipinski definition) is 1. The highest BCUT2D eigenvalue weighted by Gasteiger charge is 2.09. The maximum Gasteiger partial charge on any atom is 0.137 e. The molecule has 0 aliphatic rings. The normalized spacial score (nSPS) is 12.5. The maximum absolute atomic E-state index is 9.37. The van der Waals surface area contributed by atoms with Crippen LogP contribution in [0.25, 0.3) is 0 Å². The quantitative estimate of drug-likeness (QED) is 0.256. The van der Waals surface area contributed by atoms with Gasteiger partial charge in [-0.05, 0) is 6.42 Å². The molecule has 0 spiro atoms. The van der Waals surface area contributed by atoms with E-state index in [0.717, 1.165) is 13.0 Å². The average molecular weight is 396 g/mol. The van der Waals surface area contributed by atoms with Crippen molar-refractivity contribution in [2.24, 2.45) is 0 Å². The fourth-order valence-electron chi connectivity index (χ4n) is 3.59. The van der Waals surface area contributed by atoms with Crippen LogP contribution >= 0.6 is 0 Å². The number of hydrogen-bond acceptors (Lipinski definition) is 4. The summed E-state index contributed by atoms with van der Waals surface area (Å²) in [6.45, 7) is 3.58. The van der Waals surface area contributed by atoms with Crippen LogP contribution in [0.2, 0.25) is 0 Å². The van der Waals surface area contributed by atoms with Gasteiger partial charge in [-0.15, -0.1) is 0 Å². The van der Waals surface area contributed by atoms with E-state index in [9.17, 15) is 5.11 Å². The van der Waals surface area contributed by atoms with Crippen LogP contribution in [0.15, 0.2) is 12.7 Å². The van der Waals surface area contributed by atoms with Crippen LogP contribution in [0, 0.1) is 0 Å². The molecule has 0 fully saturated rings. The third-order valence-electron chi connectivity index (χ3n) is 5.47. The topological polar surface area (TPSA) is 60.2 Å². The Morgan fingerprint density at radius 1 is 0.786 bits per heavy atom. The van der Waals surface area contributed by atoms with Crippen LogP contribution < -0.4 is 0 Å². The van der Waals surface area contributed by atoms with Gasteiger partial charge in [0.05, 0.1) is 13.2 Å². The van der Waals surface area contributed by atoms with Crippen molar-refractivity contribution >= 4 is 0 Å². The molecular weight excluding hydrogens is 350 g/mol. The zero-order valence-corrected chi connectivity index (χ0v) is 18.4. The van der Waals surface area contributed by atoms with Crippen LogP contribution in [0.4, 0.5) is 0 Å². The van der Waals surface area contributed by atoms with Crippen molar-refractivity contribution in [3.63, 3.8) is 0 Å². The minimum absolute atomic E-state index is 0.0301. The summed E-state index contributed by atoms with van der Waals surface area (Å²) in [5, 5.41) is 13.4. The lowest BCUT2D eigenvalue weighted by molar-refractivity contribution is 0.0700. The number of aromatic nitrogens is 3. The van der Waals surface area contributed by atoms with Crippen molar-refractivity contribution in [2.75, 3.05) is 19.8 Å². The second-order valence-corrected chi connectivity index (χ2v) is 8.09. The number of rotatable bonds is 21. The predicted molar refractivity (Wildman–Crippen MR) is 117 cm³/mol. The van der Waals surface area contributed by atoms with E-state index in [1.807, 2.05) is 0 Å². The van der Waals surface area contributed by atoms with Crippen LogP contribution in [-0.4, -0.2) is 39.7 Å². The van der Waals surface area contributed by atoms with Crippen molar-refractivity contribution in [1.82, 2.24) is 14.8 Å². The second-order valence-electron chi connectivity index (χ2n) is 8.09. The molecule has 5 heteroatoms. The van der Waals surface area contributed by atoms with Crippen molar-refractivity contribution in [3.8, 4) is 0 Å². The minimum atomic E-state index is -0.122. The summed E-state index contributed by atoms with van der Waals surface area (Å²) in [6, 6.07) is -0.122. The summed E-state index contributed by atoms with van der Waals surface area (Å²) in [4.78, 5) is 3.91. The molecule has 1 rings (SSSR count). The van der Waals surface area contributed by atoms with E-state index in [-0.39, 0.29) is 12.6 Å². The molecule has 1 heterocycles. The molecule has 164 valence electrons. The Morgan fingerprint density at radius 3 is 1.71 bits per heavy atom. The molecule has 0 aromatic carbocycles. The minimum Gasteiger partial charge on any atom is -0.394 e. The summed E-state index contributed by atoms with van der Waals surface area (Å²) < 4.78 is 7.34. The summed E-state index contributed by atoms with van der Waals surface area (Å²) in [6.07, 6.45) is 25.2. The molecule has 0 saturated carbocycles. The first-order valence-corrected chi connectivity index (χ1v) is 11.9. The molecule has 1 N–H and O–H groups in total. The number of aliphatic hydroxyl groups excluding tert-OH is 1. The smallest absolute Gasteiger partial charge is 0.137 e. The van der Waals surface area contributed by atoms with Crippen molar-refractivity contribution < 1.29 is 9.84 Å². The summed E-state index contributed by atoms with van der Waals surface area (Å²) in [7, 11) is 0. The first-order chi connectivity index (χ1) is 13.9. The highest BCUT2D eigenvalue weighted by atomic mass is 16.5. The molecule has 1 unspecified atom stereocenters. The Bertz CT molecular complexity index is 412. The Kier molecular flexibility index (Phi) is 17.4. The van der Waals surface area contributed by atoms with Gasteiger partial charge in [-0.25, -0.2) is 9.67 Å². The molecule has 5 nitrogen and oxygen atoms in total. The lowest BCUT2D eigenvalue weighted by Gasteiger charge is -2.14. The van der Waals surface area contributed by atoms with Gasteiger partial charge in [-0.3, -0.25) is 0 Å². The van der Waals surface area contributed by atoms with Gasteiger partial charge < -0.3 is 9.84 Å². The summed E-state index contributed by atoms with van der Waals surface area (Å²) in [5.74, 6) is 0. The Balaban J connectivity index is 1.74. The van der Waals surface area contributed by atoms with Crippen LogP contribution in [0.1, 0.15) is 116 Å². The van der Waals surface area contributed by atoms with Gasteiger partial charge in [-0.1, -0.05) is 103 Å². The highest BCUT2D eigenvalue weighted by molar-refractivity contribution is 4.67. The van der Waals surface area contributed by atoms with Crippen LogP contribution in [0.3, 0.4) is 0 Å². The van der Waals surface area contributed by atoms with Crippen LogP contribution in [0.5, 0.6) is 0 Å². The van der Waals surface area contributed by atoms with E-state index in [2.05, 4.69) is 17.0 Å². The average Bonchev–Trinajstić information content (AvgIpc) is 3.24. The van der Waals surface area contributed by atoms with E-state index in [4.69, 9.17) is 4.74 Å². The first-order valence-electron chi connectivity index (χ1n) is 11.9. The molecule has 1 aromatic rings. The number of aliphatic hydroxyl groups is 1. The van der Waals surface area contributed by atoms with E-state index in [1.165, 1.54) is 103 Å². The number of unbranched alkanes of at least 4 members (excludes halogenated alkanes) is 15. The summed E-state index contributed by atoms with van der Waals surface area (Å²) >= 11 is 0. The number of ether oxygens (including phenoxy) is 1. The molecule has 0 amide bonds. The summed E-state index contributed by atoms with van der Waals surface area (Å²) in [5.41, 5.74) is 0. The number of nitrogens with zero attached hydrogens (tertiary/aromatic N) is 3. The predicted octanol–water partition coefficient (Wildman–Crippen LogP) is 6.09. The maximum atomic E-state index is 9.37. The van der Waals surface area contributed by atoms with Crippen LogP contribution in [-0.2, 0) is 4.74 Å². The SMILES string of the molecule is CCCCCCCCCCCCCCCCCCOCC(CO)n1cncn1. The highest BCUT2D eigenvalue weighted by Crippen LogP contribution is 2.13. The molecule has 0 aliphatic carbocycles. The fraction of sp³-hybridized carbons (Fsp3) is 0.913. The first kappa shape index (κ1) is 25.1. The lowest BCUT2D eigenvalue weighted by atomic mass is 10.0. The lowest BCUT2D eigenvalue weighted by Crippen LogP contribution is -2.20.